The molecule has 1 N–H and O–H groups in total. The molecule has 0 aliphatic carbocycles. The van der Waals surface area contributed by atoms with Crippen LogP contribution in [0, 0.1) is 0 Å². The van der Waals surface area contributed by atoms with Gasteiger partial charge >= 0.3 is 11.9 Å². The van der Waals surface area contributed by atoms with Crippen LogP contribution >= 0.6 is 0 Å². The fourth-order valence-corrected chi connectivity index (χ4v) is 2.86. The minimum absolute atomic E-state index is 0. The van der Waals surface area contributed by atoms with Crippen LogP contribution in [0.4, 0.5) is 0 Å². The fourth-order valence-electron chi connectivity index (χ4n) is 2.86. The second-order valence-electron chi connectivity index (χ2n) is 6.75. The maximum absolute atomic E-state index is 11.2. The van der Waals surface area contributed by atoms with E-state index in [0.717, 1.165) is 19.3 Å². The van der Waals surface area contributed by atoms with Gasteiger partial charge in [-0.2, -0.15) is 0 Å². The number of esters is 1. The van der Waals surface area contributed by atoms with Crippen LogP contribution in [0.5, 0.6) is 0 Å². The smallest absolute Gasteiger partial charge is 0.341 e. The van der Waals surface area contributed by atoms with Crippen molar-refractivity contribution < 1.29 is 19.4 Å². The number of aliphatic carboxylic acids is 1. The van der Waals surface area contributed by atoms with Crippen LogP contribution in [0.15, 0.2) is 0 Å². The van der Waals surface area contributed by atoms with Crippen LogP contribution in [0.25, 0.3) is 0 Å². The van der Waals surface area contributed by atoms with Gasteiger partial charge in [0.05, 0.1) is 0 Å². The second-order valence-corrected chi connectivity index (χ2v) is 6.75. The van der Waals surface area contributed by atoms with Gasteiger partial charge in [-0.15, -0.1) is 0 Å². The van der Waals surface area contributed by atoms with Crippen LogP contribution in [0.2, 0.25) is 0 Å². The van der Waals surface area contributed by atoms with Crippen LogP contribution in [-0.2, 0) is 14.3 Å². The van der Waals surface area contributed by atoms with Gasteiger partial charge in [0.15, 0.2) is 6.61 Å². The number of hydrogen-bond acceptors (Lipinski definition) is 3. The summed E-state index contributed by atoms with van der Waals surface area (Å²) in [7, 11) is 0. The number of carboxylic acids is 1. The number of hydrogen-bond donors (Lipinski definition) is 1. The summed E-state index contributed by atoms with van der Waals surface area (Å²) in [6.07, 6.45) is 19.7. The van der Waals surface area contributed by atoms with Crippen molar-refractivity contribution in [1.29, 1.82) is 0 Å². The molecule has 0 bridgehead atoms. The second kappa shape index (κ2) is 22.0. The molecule has 25 heavy (non-hydrogen) atoms. The monoisotopic (exact) mass is 365 g/mol. The third kappa shape index (κ3) is 23.9. The normalized spacial score (nSPS) is 10.3. The number of ether oxygens (including phenoxy) is 1. The Balaban J connectivity index is 0. The van der Waals surface area contributed by atoms with E-state index in [2.05, 4.69) is 11.7 Å². The summed E-state index contributed by atoms with van der Waals surface area (Å²) < 4.78 is 4.58. The standard InChI is InChI=1S/C20H38O4.Na/c1-2-3-4-5-6-7-8-9-10-11-12-13-14-15-16-17-20(23)24-18-19(21)22;/h2-18H2,1H3,(H,21,22);. The summed E-state index contributed by atoms with van der Waals surface area (Å²) in [6.45, 7) is 1.74. The molecule has 0 heterocycles. The summed E-state index contributed by atoms with van der Waals surface area (Å²) in [5.74, 6) is -1.49. The summed E-state index contributed by atoms with van der Waals surface area (Å²) in [4.78, 5) is 21.4. The molecule has 0 rings (SSSR count). The fraction of sp³-hybridized carbons (Fsp3) is 0.900. The molecule has 0 atom stereocenters. The first-order chi connectivity index (χ1) is 11.7. The van der Waals surface area contributed by atoms with E-state index >= 15 is 0 Å². The molecule has 0 aromatic carbocycles. The van der Waals surface area contributed by atoms with E-state index in [1.54, 1.807) is 0 Å². The van der Waals surface area contributed by atoms with Crippen molar-refractivity contribution in [3.63, 3.8) is 0 Å². The first kappa shape index (κ1) is 27.2. The molecule has 0 unspecified atom stereocenters. The van der Waals surface area contributed by atoms with Gasteiger partial charge in [-0.3, -0.25) is 4.79 Å². The number of carbonyl (C=O) groups excluding carboxylic acids is 1. The Morgan fingerprint density at radius 2 is 1.04 bits per heavy atom. The molecule has 143 valence electrons. The first-order valence-electron chi connectivity index (χ1n) is 10.0. The van der Waals surface area contributed by atoms with E-state index in [9.17, 15) is 9.59 Å². The zero-order chi connectivity index (χ0) is 17.9. The molecule has 1 radical (unpaired) electrons. The van der Waals surface area contributed by atoms with Gasteiger partial charge in [0.2, 0.25) is 0 Å². The predicted molar refractivity (Wildman–Crippen MR) is 104 cm³/mol. The Labute approximate surface area is 176 Å². The predicted octanol–water partition coefficient (Wildman–Crippen LogP) is 5.49. The van der Waals surface area contributed by atoms with Crippen molar-refractivity contribution >= 4 is 41.5 Å². The molecule has 0 aliphatic heterocycles. The SMILES string of the molecule is CCCCCCCCCCCCCCCCCC(=O)OCC(=O)O.[Na]. The molecule has 5 heteroatoms. The minimum Gasteiger partial charge on any atom is -0.479 e. The zero-order valence-electron chi connectivity index (χ0n) is 16.7. The molecular weight excluding hydrogens is 327 g/mol. The van der Waals surface area contributed by atoms with Crippen molar-refractivity contribution in [3.8, 4) is 0 Å². The van der Waals surface area contributed by atoms with Crippen LogP contribution < -0.4 is 0 Å². The quantitative estimate of drug-likeness (QED) is 0.198. The average Bonchev–Trinajstić information content (AvgIpc) is 2.56. The maximum Gasteiger partial charge on any atom is 0.341 e. The van der Waals surface area contributed by atoms with E-state index in [4.69, 9.17) is 5.11 Å². The van der Waals surface area contributed by atoms with Crippen LogP contribution in [0.1, 0.15) is 110 Å². The maximum atomic E-state index is 11.2. The van der Waals surface area contributed by atoms with Crippen molar-refractivity contribution in [3.05, 3.63) is 0 Å². The van der Waals surface area contributed by atoms with E-state index in [1.807, 2.05) is 0 Å². The summed E-state index contributed by atoms with van der Waals surface area (Å²) >= 11 is 0. The van der Waals surface area contributed by atoms with Crippen molar-refractivity contribution in [2.75, 3.05) is 6.61 Å². The van der Waals surface area contributed by atoms with Crippen molar-refractivity contribution in [2.24, 2.45) is 0 Å². The van der Waals surface area contributed by atoms with E-state index in [0.29, 0.717) is 6.42 Å². The first-order valence-corrected chi connectivity index (χ1v) is 10.0. The largest absolute Gasteiger partial charge is 0.479 e. The number of carbonyl (C=O) groups is 2. The van der Waals surface area contributed by atoms with Crippen molar-refractivity contribution in [2.45, 2.75) is 110 Å². The number of unbranched alkanes of at least 4 members (excludes halogenated alkanes) is 14. The van der Waals surface area contributed by atoms with Crippen LogP contribution in [-0.4, -0.2) is 53.2 Å². The Morgan fingerprint density at radius 1 is 0.680 bits per heavy atom. The molecular formula is C20H38NaO4. The van der Waals surface area contributed by atoms with E-state index < -0.39 is 18.5 Å². The van der Waals surface area contributed by atoms with Gasteiger partial charge in [-0.25, -0.2) is 4.79 Å². The molecule has 0 amide bonds. The average molecular weight is 366 g/mol. The minimum atomic E-state index is -1.10. The summed E-state index contributed by atoms with van der Waals surface area (Å²) in [5, 5.41) is 8.39. The van der Waals surface area contributed by atoms with E-state index in [-0.39, 0.29) is 29.6 Å². The van der Waals surface area contributed by atoms with Crippen molar-refractivity contribution in [1.82, 2.24) is 0 Å². The molecule has 0 saturated heterocycles. The molecule has 0 saturated carbocycles. The summed E-state index contributed by atoms with van der Waals surface area (Å²) in [6, 6.07) is 0. The van der Waals surface area contributed by atoms with Crippen LogP contribution in [0.3, 0.4) is 0 Å². The van der Waals surface area contributed by atoms with E-state index in [1.165, 1.54) is 77.0 Å². The van der Waals surface area contributed by atoms with Gasteiger partial charge in [-0.1, -0.05) is 96.8 Å². The third-order valence-electron chi connectivity index (χ3n) is 4.34. The molecule has 0 aromatic heterocycles. The van der Waals surface area contributed by atoms with Gasteiger partial charge in [0.25, 0.3) is 0 Å². The Kier molecular flexibility index (Phi) is 23.9. The Bertz CT molecular complexity index is 308. The molecule has 0 spiro atoms. The third-order valence-corrected chi connectivity index (χ3v) is 4.34. The molecule has 0 fully saturated rings. The zero-order valence-corrected chi connectivity index (χ0v) is 18.7. The van der Waals surface area contributed by atoms with Gasteiger partial charge in [0.1, 0.15) is 0 Å². The topological polar surface area (TPSA) is 63.6 Å². The number of carboxylic acid groups (broad SMARTS) is 1. The summed E-state index contributed by atoms with van der Waals surface area (Å²) in [5.41, 5.74) is 0. The van der Waals surface area contributed by atoms with Gasteiger partial charge in [0, 0.05) is 36.0 Å². The molecule has 0 aliphatic rings. The molecule has 4 nitrogen and oxygen atoms in total. The number of rotatable bonds is 18. The van der Waals surface area contributed by atoms with Gasteiger partial charge in [-0.05, 0) is 6.42 Å². The molecule has 0 aromatic rings. The Morgan fingerprint density at radius 3 is 1.40 bits per heavy atom. The van der Waals surface area contributed by atoms with Gasteiger partial charge < -0.3 is 9.84 Å². The Hall–Kier alpha value is -0.0600.